The van der Waals surface area contributed by atoms with E-state index in [1.165, 1.54) is 0 Å². The largest absolute Gasteiger partial charge is 0.359 e. The van der Waals surface area contributed by atoms with Crippen LogP contribution in [-0.4, -0.2) is 21.6 Å². The molecule has 1 N–H and O–H groups in total. The van der Waals surface area contributed by atoms with E-state index in [2.05, 4.69) is 15.3 Å². The van der Waals surface area contributed by atoms with Crippen molar-refractivity contribution in [2.45, 2.75) is 0 Å². The van der Waals surface area contributed by atoms with Gasteiger partial charge in [-0.2, -0.15) is 0 Å². The SMILES string of the molecule is CNc1nc2cnccc2n1C. The average Bonchev–Trinajstić information content (AvgIpc) is 2.44. The number of aromatic nitrogens is 3. The molecule has 2 aromatic heterocycles. The van der Waals surface area contributed by atoms with Gasteiger partial charge in [-0.25, -0.2) is 4.98 Å². The number of hydrogen-bond acceptors (Lipinski definition) is 3. The third-order valence-electron chi connectivity index (χ3n) is 1.91. The molecule has 0 amide bonds. The van der Waals surface area contributed by atoms with E-state index in [1.54, 1.807) is 12.4 Å². The lowest BCUT2D eigenvalue weighted by Crippen LogP contribution is -1.97. The predicted molar refractivity (Wildman–Crippen MR) is 48.1 cm³/mol. The molecule has 12 heavy (non-hydrogen) atoms. The van der Waals surface area contributed by atoms with Gasteiger partial charge in [0.05, 0.1) is 11.7 Å². The van der Waals surface area contributed by atoms with Gasteiger partial charge in [-0.15, -0.1) is 0 Å². The second kappa shape index (κ2) is 2.48. The second-order valence-corrected chi connectivity index (χ2v) is 2.61. The molecule has 0 radical (unpaired) electrons. The van der Waals surface area contributed by atoms with Gasteiger partial charge in [0, 0.05) is 20.3 Å². The van der Waals surface area contributed by atoms with Crippen molar-refractivity contribution in [2.75, 3.05) is 12.4 Å². The first kappa shape index (κ1) is 7.09. The summed E-state index contributed by atoms with van der Waals surface area (Å²) in [5.41, 5.74) is 2.01. The van der Waals surface area contributed by atoms with Crippen LogP contribution in [-0.2, 0) is 7.05 Å². The molecule has 0 fully saturated rings. The molecule has 0 aliphatic heterocycles. The van der Waals surface area contributed by atoms with Crippen molar-refractivity contribution in [1.29, 1.82) is 0 Å². The first-order valence-corrected chi connectivity index (χ1v) is 3.77. The summed E-state index contributed by atoms with van der Waals surface area (Å²) in [7, 11) is 3.83. The highest BCUT2D eigenvalue weighted by atomic mass is 15.2. The van der Waals surface area contributed by atoms with Crippen LogP contribution < -0.4 is 5.32 Å². The molecule has 0 bridgehead atoms. The molecule has 0 spiro atoms. The molecule has 0 aliphatic carbocycles. The normalized spacial score (nSPS) is 10.5. The van der Waals surface area contributed by atoms with Gasteiger partial charge in [-0.1, -0.05) is 0 Å². The molecule has 0 unspecified atom stereocenters. The highest BCUT2D eigenvalue weighted by Crippen LogP contribution is 2.15. The molecule has 2 aromatic rings. The Labute approximate surface area is 70.3 Å². The van der Waals surface area contributed by atoms with Crippen molar-refractivity contribution in [3.8, 4) is 0 Å². The molecule has 0 aromatic carbocycles. The van der Waals surface area contributed by atoms with Crippen LogP contribution in [0.1, 0.15) is 0 Å². The minimum Gasteiger partial charge on any atom is -0.359 e. The Hall–Kier alpha value is -1.58. The average molecular weight is 162 g/mol. The minimum absolute atomic E-state index is 0.859. The third-order valence-corrected chi connectivity index (χ3v) is 1.91. The van der Waals surface area contributed by atoms with E-state index in [4.69, 9.17) is 0 Å². The number of pyridine rings is 1. The van der Waals surface area contributed by atoms with Crippen LogP contribution in [0.25, 0.3) is 11.0 Å². The summed E-state index contributed by atoms with van der Waals surface area (Å²) in [6.07, 6.45) is 3.53. The zero-order valence-corrected chi connectivity index (χ0v) is 7.07. The van der Waals surface area contributed by atoms with E-state index in [9.17, 15) is 0 Å². The maximum absolute atomic E-state index is 4.32. The van der Waals surface area contributed by atoms with Crippen LogP contribution >= 0.6 is 0 Å². The zero-order chi connectivity index (χ0) is 8.55. The standard InChI is InChI=1S/C8H10N4/c1-9-8-11-6-5-10-4-3-7(6)12(8)2/h3-5H,1-2H3,(H,9,11). The molecule has 4 heteroatoms. The highest BCUT2D eigenvalue weighted by Gasteiger charge is 2.03. The Morgan fingerprint density at radius 1 is 1.50 bits per heavy atom. The van der Waals surface area contributed by atoms with Crippen molar-refractivity contribution >= 4 is 17.0 Å². The topological polar surface area (TPSA) is 42.7 Å². The van der Waals surface area contributed by atoms with Gasteiger partial charge in [0.15, 0.2) is 0 Å². The van der Waals surface area contributed by atoms with Crippen molar-refractivity contribution < 1.29 is 0 Å². The summed E-state index contributed by atoms with van der Waals surface area (Å²) in [4.78, 5) is 8.32. The smallest absolute Gasteiger partial charge is 0.203 e. The van der Waals surface area contributed by atoms with Gasteiger partial charge in [0.25, 0.3) is 0 Å². The maximum atomic E-state index is 4.32. The van der Waals surface area contributed by atoms with Crippen LogP contribution in [0.4, 0.5) is 5.95 Å². The Balaban J connectivity index is 2.78. The molecular formula is C8H10N4. The summed E-state index contributed by atoms with van der Waals surface area (Å²) < 4.78 is 2.00. The van der Waals surface area contributed by atoms with E-state index in [-0.39, 0.29) is 0 Å². The zero-order valence-electron chi connectivity index (χ0n) is 7.07. The molecule has 0 saturated heterocycles. The third kappa shape index (κ3) is 0.845. The van der Waals surface area contributed by atoms with Crippen LogP contribution in [0, 0.1) is 0 Å². The van der Waals surface area contributed by atoms with Crippen molar-refractivity contribution in [2.24, 2.45) is 7.05 Å². The lowest BCUT2D eigenvalue weighted by molar-refractivity contribution is 0.952. The van der Waals surface area contributed by atoms with Crippen molar-refractivity contribution in [1.82, 2.24) is 14.5 Å². The van der Waals surface area contributed by atoms with E-state index < -0.39 is 0 Å². The number of hydrogen-bond donors (Lipinski definition) is 1. The fraction of sp³-hybridized carbons (Fsp3) is 0.250. The maximum Gasteiger partial charge on any atom is 0.203 e. The molecule has 4 nitrogen and oxygen atoms in total. The number of aryl methyl sites for hydroxylation is 1. The van der Waals surface area contributed by atoms with Gasteiger partial charge < -0.3 is 9.88 Å². The molecular weight excluding hydrogens is 152 g/mol. The minimum atomic E-state index is 0.859. The Bertz CT molecular complexity index is 404. The quantitative estimate of drug-likeness (QED) is 0.680. The molecule has 0 aliphatic rings. The van der Waals surface area contributed by atoms with Gasteiger partial charge >= 0.3 is 0 Å². The fourth-order valence-corrected chi connectivity index (χ4v) is 1.28. The van der Waals surface area contributed by atoms with Crippen LogP contribution in [0.15, 0.2) is 18.5 Å². The summed E-state index contributed by atoms with van der Waals surface area (Å²) in [5.74, 6) is 0.859. The number of anilines is 1. The predicted octanol–water partition coefficient (Wildman–Crippen LogP) is 1.01. The first-order chi connectivity index (χ1) is 5.83. The number of nitrogens with one attached hydrogen (secondary N) is 1. The summed E-state index contributed by atoms with van der Waals surface area (Å²) in [6.45, 7) is 0. The molecule has 62 valence electrons. The van der Waals surface area contributed by atoms with Crippen LogP contribution in [0.2, 0.25) is 0 Å². The lowest BCUT2D eigenvalue weighted by atomic mass is 10.4. The Morgan fingerprint density at radius 3 is 3.00 bits per heavy atom. The Kier molecular flexibility index (Phi) is 1.46. The van der Waals surface area contributed by atoms with Gasteiger partial charge in [0.1, 0.15) is 5.52 Å². The van der Waals surface area contributed by atoms with E-state index in [0.717, 1.165) is 17.0 Å². The van der Waals surface area contributed by atoms with Crippen molar-refractivity contribution in [3.05, 3.63) is 18.5 Å². The van der Waals surface area contributed by atoms with Crippen LogP contribution in [0.5, 0.6) is 0 Å². The lowest BCUT2D eigenvalue weighted by Gasteiger charge is -1.98. The molecule has 0 saturated carbocycles. The molecule has 2 rings (SSSR count). The van der Waals surface area contributed by atoms with Gasteiger partial charge in [-0.3, -0.25) is 4.98 Å². The first-order valence-electron chi connectivity index (χ1n) is 3.77. The monoisotopic (exact) mass is 162 g/mol. The van der Waals surface area contributed by atoms with Gasteiger partial charge in [0.2, 0.25) is 5.95 Å². The Morgan fingerprint density at radius 2 is 2.33 bits per heavy atom. The summed E-state index contributed by atoms with van der Waals surface area (Å²) in [6, 6.07) is 1.95. The number of imidazole rings is 1. The van der Waals surface area contributed by atoms with Crippen LogP contribution in [0.3, 0.4) is 0 Å². The number of fused-ring (bicyclic) bond motifs is 1. The highest BCUT2D eigenvalue weighted by molar-refractivity contribution is 5.77. The van der Waals surface area contributed by atoms with Crippen molar-refractivity contribution in [3.63, 3.8) is 0 Å². The second-order valence-electron chi connectivity index (χ2n) is 2.61. The summed E-state index contributed by atoms with van der Waals surface area (Å²) >= 11 is 0. The van der Waals surface area contributed by atoms with E-state index in [1.807, 2.05) is 24.7 Å². The van der Waals surface area contributed by atoms with E-state index >= 15 is 0 Å². The fourth-order valence-electron chi connectivity index (χ4n) is 1.28. The summed E-state index contributed by atoms with van der Waals surface area (Å²) in [5, 5.41) is 3.01. The molecule has 2 heterocycles. The molecule has 0 atom stereocenters. The van der Waals surface area contributed by atoms with E-state index in [0.29, 0.717) is 0 Å². The number of rotatable bonds is 1. The van der Waals surface area contributed by atoms with Gasteiger partial charge in [-0.05, 0) is 6.07 Å². The number of nitrogens with zero attached hydrogens (tertiary/aromatic N) is 3.